The smallest absolute Gasteiger partial charge is 0.315 e. The van der Waals surface area contributed by atoms with Crippen LogP contribution in [0.25, 0.3) is 0 Å². The molecule has 1 heterocycles. The number of fused-ring (bicyclic) bond motifs is 1. The predicted molar refractivity (Wildman–Crippen MR) is 83.2 cm³/mol. The zero-order chi connectivity index (χ0) is 15.9. The highest BCUT2D eigenvalue weighted by Gasteiger charge is 2.29. The van der Waals surface area contributed by atoms with Crippen molar-refractivity contribution >= 4 is 6.03 Å². The van der Waals surface area contributed by atoms with E-state index in [0.29, 0.717) is 19.6 Å². The molecule has 1 aliphatic rings. The van der Waals surface area contributed by atoms with Crippen LogP contribution in [0.2, 0.25) is 0 Å². The van der Waals surface area contributed by atoms with Gasteiger partial charge >= 0.3 is 6.03 Å². The molecule has 0 radical (unpaired) electrons. The molecule has 6 heteroatoms. The van der Waals surface area contributed by atoms with E-state index >= 15 is 0 Å². The first-order chi connectivity index (χ1) is 10.7. The van der Waals surface area contributed by atoms with Crippen molar-refractivity contribution in [1.82, 2.24) is 10.6 Å². The van der Waals surface area contributed by atoms with E-state index in [9.17, 15) is 9.90 Å². The number of benzene rings is 1. The summed E-state index contributed by atoms with van der Waals surface area (Å²) in [5, 5.41) is 14.9. The average Bonchev–Trinajstić information content (AvgIpc) is 2.95. The van der Waals surface area contributed by atoms with Crippen LogP contribution in [0.3, 0.4) is 0 Å². The summed E-state index contributed by atoms with van der Waals surface area (Å²) >= 11 is 0. The van der Waals surface area contributed by atoms with E-state index in [2.05, 4.69) is 10.6 Å². The number of ether oxygens (including phenoxy) is 2. The standard InChI is InChI=1S/C16H24N2O4/c1-11(14-10-22-15-6-4-3-5-13(14)15)17-16(20)18-12(9-19)7-8-21-2/h3-6,11-12,14,19H,7-10H2,1-2H3,(H2,17,18,20)/t11-,12-,14+/m1/s1. The molecule has 0 fully saturated rings. The molecule has 1 aromatic carbocycles. The van der Waals surface area contributed by atoms with Gasteiger partial charge in [-0.25, -0.2) is 4.79 Å². The zero-order valence-corrected chi connectivity index (χ0v) is 13.0. The van der Waals surface area contributed by atoms with Gasteiger partial charge in [0, 0.05) is 31.2 Å². The van der Waals surface area contributed by atoms with Crippen molar-refractivity contribution in [2.24, 2.45) is 0 Å². The highest BCUT2D eigenvalue weighted by atomic mass is 16.5. The van der Waals surface area contributed by atoms with Crippen molar-refractivity contribution in [1.29, 1.82) is 0 Å². The summed E-state index contributed by atoms with van der Waals surface area (Å²) in [6, 6.07) is 7.22. The Balaban J connectivity index is 1.87. The lowest BCUT2D eigenvalue weighted by Gasteiger charge is -2.22. The van der Waals surface area contributed by atoms with Crippen molar-refractivity contribution in [3.05, 3.63) is 29.8 Å². The fraction of sp³-hybridized carbons (Fsp3) is 0.562. The minimum Gasteiger partial charge on any atom is -0.493 e. The maximum atomic E-state index is 12.0. The molecule has 1 aromatic rings. The molecule has 2 rings (SSSR count). The zero-order valence-electron chi connectivity index (χ0n) is 13.0. The van der Waals surface area contributed by atoms with Gasteiger partial charge in [0.1, 0.15) is 5.75 Å². The van der Waals surface area contributed by atoms with Gasteiger partial charge in [-0.05, 0) is 19.4 Å². The number of aliphatic hydroxyl groups is 1. The molecule has 3 atom stereocenters. The van der Waals surface area contributed by atoms with Gasteiger partial charge in [-0.1, -0.05) is 18.2 Å². The number of hydrogen-bond donors (Lipinski definition) is 3. The second kappa shape index (κ2) is 8.00. The van der Waals surface area contributed by atoms with Crippen LogP contribution in [0.1, 0.15) is 24.8 Å². The number of rotatable bonds is 7. The molecule has 0 aromatic heterocycles. The molecule has 0 unspecified atom stereocenters. The Hall–Kier alpha value is -1.79. The number of aliphatic hydroxyl groups excluding tert-OH is 1. The number of urea groups is 1. The Morgan fingerprint density at radius 1 is 1.45 bits per heavy atom. The van der Waals surface area contributed by atoms with Crippen LogP contribution in [-0.4, -0.2) is 50.2 Å². The normalized spacial score (nSPS) is 19.0. The maximum Gasteiger partial charge on any atom is 0.315 e. The molecule has 0 saturated carbocycles. The van der Waals surface area contributed by atoms with Gasteiger partial charge < -0.3 is 25.2 Å². The number of nitrogens with one attached hydrogen (secondary N) is 2. The SMILES string of the molecule is COCC[C@H](CO)NC(=O)N[C@H](C)[C@@H]1COc2ccccc21. The Morgan fingerprint density at radius 3 is 2.95 bits per heavy atom. The summed E-state index contributed by atoms with van der Waals surface area (Å²) in [7, 11) is 1.59. The van der Waals surface area contributed by atoms with Gasteiger partial charge in [-0.15, -0.1) is 0 Å². The summed E-state index contributed by atoms with van der Waals surface area (Å²) in [4.78, 5) is 12.0. The maximum absolute atomic E-state index is 12.0. The van der Waals surface area contributed by atoms with Crippen LogP contribution in [0.4, 0.5) is 4.79 Å². The quantitative estimate of drug-likeness (QED) is 0.708. The van der Waals surface area contributed by atoms with E-state index in [0.717, 1.165) is 11.3 Å². The third-order valence-corrected chi connectivity index (χ3v) is 3.93. The van der Waals surface area contributed by atoms with E-state index in [1.807, 2.05) is 31.2 Å². The molecule has 2 amide bonds. The highest BCUT2D eigenvalue weighted by molar-refractivity contribution is 5.74. The largest absolute Gasteiger partial charge is 0.493 e. The fourth-order valence-corrected chi connectivity index (χ4v) is 2.60. The van der Waals surface area contributed by atoms with Gasteiger partial charge in [0.15, 0.2) is 0 Å². The third kappa shape index (κ3) is 4.11. The molecule has 0 saturated heterocycles. The van der Waals surface area contributed by atoms with Gasteiger partial charge in [0.25, 0.3) is 0 Å². The van der Waals surface area contributed by atoms with E-state index in [1.165, 1.54) is 0 Å². The lowest BCUT2D eigenvalue weighted by atomic mass is 9.94. The summed E-state index contributed by atoms with van der Waals surface area (Å²) in [5.41, 5.74) is 1.12. The van der Waals surface area contributed by atoms with Gasteiger partial charge in [-0.2, -0.15) is 0 Å². The second-order valence-corrected chi connectivity index (χ2v) is 5.52. The topological polar surface area (TPSA) is 79.8 Å². The van der Waals surface area contributed by atoms with Crippen molar-refractivity contribution < 1.29 is 19.4 Å². The van der Waals surface area contributed by atoms with Gasteiger partial charge in [0.05, 0.1) is 19.3 Å². The lowest BCUT2D eigenvalue weighted by Crippen LogP contribution is -2.48. The fourth-order valence-electron chi connectivity index (χ4n) is 2.60. The van der Waals surface area contributed by atoms with E-state index in [4.69, 9.17) is 9.47 Å². The van der Waals surface area contributed by atoms with Crippen LogP contribution < -0.4 is 15.4 Å². The number of para-hydroxylation sites is 1. The van der Waals surface area contributed by atoms with Crippen molar-refractivity contribution in [2.45, 2.75) is 31.3 Å². The van der Waals surface area contributed by atoms with E-state index in [1.54, 1.807) is 7.11 Å². The predicted octanol–water partition coefficient (Wildman–Crippen LogP) is 1.25. The number of carbonyl (C=O) groups is 1. The molecule has 6 nitrogen and oxygen atoms in total. The van der Waals surface area contributed by atoms with Gasteiger partial charge in [0.2, 0.25) is 0 Å². The Kier molecular flexibility index (Phi) is 6.03. The van der Waals surface area contributed by atoms with Crippen LogP contribution in [-0.2, 0) is 4.74 Å². The van der Waals surface area contributed by atoms with Crippen molar-refractivity contribution in [3.8, 4) is 5.75 Å². The number of hydrogen-bond acceptors (Lipinski definition) is 4. The Labute approximate surface area is 130 Å². The molecule has 0 spiro atoms. The number of methoxy groups -OCH3 is 1. The van der Waals surface area contributed by atoms with Crippen LogP contribution in [0, 0.1) is 0 Å². The van der Waals surface area contributed by atoms with Crippen molar-refractivity contribution in [3.63, 3.8) is 0 Å². The first-order valence-corrected chi connectivity index (χ1v) is 7.54. The number of carbonyl (C=O) groups excluding carboxylic acids is 1. The second-order valence-electron chi connectivity index (χ2n) is 5.52. The Bertz CT molecular complexity index is 495. The first-order valence-electron chi connectivity index (χ1n) is 7.54. The monoisotopic (exact) mass is 308 g/mol. The summed E-state index contributed by atoms with van der Waals surface area (Å²) < 4.78 is 10.6. The van der Waals surface area contributed by atoms with Crippen LogP contribution >= 0.6 is 0 Å². The van der Waals surface area contributed by atoms with Crippen LogP contribution in [0.15, 0.2) is 24.3 Å². The first kappa shape index (κ1) is 16.6. The average molecular weight is 308 g/mol. The van der Waals surface area contributed by atoms with Gasteiger partial charge in [-0.3, -0.25) is 0 Å². The summed E-state index contributed by atoms with van der Waals surface area (Å²) in [6.45, 7) is 2.90. The minimum atomic E-state index is -0.306. The molecule has 0 aliphatic carbocycles. The molecular weight excluding hydrogens is 284 g/mol. The third-order valence-electron chi connectivity index (χ3n) is 3.93. The molecule has 1 aliphatic heterocycles. The molecule has 122 valence electrons. The molecular formula is C16H24N2O4. The lowest BCUT2D eigenvalue weighted by molar-refractivity contribution is 0.159. The van der Waals surface area contributed by atoms with E-state index < -0.39 is 0 Å². The number of amides is 2. The highest BCUT2D eigenvalue weighted by Crippen LogP contribution is 2.35. The van der Waals surface area contributed by atoms with E-state index in [-0.39, 0.29) is 30.6 Å². The Morgan fingerprint density at radius 2 is 2.23 bits per heavy atom. The molecule has 3 N–H and O–H groups in total. The summed E-state index contributed by atoms with van der Waals surface area (Å²) in [5.74, 6) is 1.02. The molecule has 0 bridgehead atoms. The minimum absolute atomic E-state index is 0.0644. The van der Waals surface area contributed by atoms with Crippen molar-refractivity contribution in [2.75, 3.05) is 26.9 Å². The summed E-state index contributed by atoms with van der Waals surface area (Å²) in [6.07, 6.45) is 0.574. The van der Waals surface area contributed by atoms with Crippen LogP contribution in [0.5, 0.6) is 5.75 Å². The molecule has 22 heavy (non-hydrogen) atoms.